The van der Waals surface area contributed by atoms with E-state index in [0.717, 1.165) is 42.9 Å². The van der Waals surface area contributed by atoms with E-state index in [4.69, 9.17) is 0 Å². The summed E-state index contributed by atoms with van der Waals surface area (Å²) >= 11 is 0. The highest BCUT2D eigenvalue weighted by Crippen LogP contribution is 2.27. The number of piperazine rings is 1. The second-order valence-corrected chi connectivity index (χ2v) is 8.42. The van der Waals surface area contributed by atoms with Gasteiger partial charge in [0.1, 0.15) is 0 Å². The Kier molecular flexibility index (Phi) is 6.04. The quantitative estimate of drug-likeness (QED) is 0.779. The van der Waals surface area contributed by atoms with Gasteiger partial charge in [-0.15, -0.1) is 0 Å². The summed E-state index contributed by atoms with van der Waals surface area (Å²) in [6.07, 6.45) is 1.01. The first kappa shape index (κ1) is 20.4. The minimum absolute atomic E-state index is 0.0378. The Morgan fingerprint density at radius 1 is 0.967 bits per heavy atom. The highest BCUT2D eigenvalue weighted by molar-refractivity contribution is 5.93. The number of hydrogen-bond acceptors (Lipinski definition) is 3. The third kappa shape index (κ3) is 4.49. The van der Waals surface area contributed by atoms with Crippen molar-refractivity contribution in [2.45, 2.75) is 20.3 Å². The lowest BCUT2D eigenvalue weighted by atomic mass is 10.1. The number of quaternary nitrogens is 1. The van der Waals surface area contributed by atoms with E-state index in [-0.39, 0.29) is 11.8 Å². The smallest absolute Gasteiger partial charge is 0.279 e. The standard InChI is InChI=1S/C24H30N4O2/c1-18-6-5-7-19(2)24(18)25-22(29)16-26-12-14-27(15-13-26)23(30)17-28-11-10-20-8-3-4-9-21(20)28/h3-9H,10-17H2,1-2H3,(H,25,29)/p+1. The third-order valence-electron chi connectivity index (χ3n) is 6.29. The van der Waals surface area contributed by atoms with Crippen molar-refractivity contribution in [1.29, 1.82) is 0 Å². The molecule has 0 bridgehead atoms. The number of fused-ring (bicyclic) bond motifs is 1. The highest BCUT2D eigenvalue weighted by atomic mass is 16.2. The van der Waals surface area contributed by atoms with Crippen LogP contribution >= 0.6 is 0 Å². The monoisotopic (exact) mass is 407 g/mol. The van der Waals surface area contributed by atoms with Gasteiger partial charge in [0, 0.05) is 17.9 Å². The van der Waals surface area contributed by atoms with Gasteiger partial charge in [0.15, 0.2) is 6.54 Å². The van der Waals surface area contributed by atoms with Crippen LogP contribution in [0.25, 0.3) is 0 Å². The maximum atomic E-state index is 12.8. The number of rotatable bonds is 5. The van der Waals surface area contributed by atoms with Gasteiger partial charge < -0.3 is 20.0 Å². The zero-order chi connectivity index (χ0) is 21.1. The van der Waals surface area contributed by atoms with Crippen molar-refractivity contribution in [2.24, 2.45) is 0 Å². The normalized spacial score (nSPS) is 16.5. The van der Waals surface area contributed by atoms with Crippen LogP contribution in [-0.4, -0.2) is 62.5 Å². The van der Waals surface area contributed by atoms with Gasteiger partial charge in [0.25, 0.3) is 5.91 Å². The fourth-order valence-electron chi connectivity index (χ4n) is 4.51. The van der Waals surface area contributed by atoms with E-state index in [1.165, 1.54) is 16.2 Å². The molecule has 6 nitrogen and oxygen atoms in total. The van der Waals surface area contributed by atoms with Gasteiger partial charge in [-0.05, 0) is 43.0 Å². The molecule has 1 fully saturated rings. The van der Waals surface area contributed by atoms with E-state index in [0.29, 0.717) is 26.2 Å². The van der Waals surface area contributed by atoms with Crippen LogP contribution in [0.2, 0.25) is 0 Å². The maximum Gasteiger partial charge on any atom is 0.279 e. The van der Waals surface area contributed by atoms with Crippen molar-refractivity contribution in [2.75, 3.05) is 56.0 Å². The molecule has 2 aromatic carbocycles. The number of anilines is 2. The van der Waals surface area contributed by atoms with Gasteiger partial charge in [-0.25, -0.2) is 0 Å². The molecule has 2 aliphatic heterocycles. The van der Waals surface area contributed by atoms with Crippen molar-refractivity contribution in [3.8, 4) is 0 Å². The Labute approximate surface area is 178 Å². The average molecular weight is 408 g/mol. The molecule has 0 unspecified atom stereocenters. The molecule has 2 aliphatic rings. The molecule has 30 heavy (non-hydrogen) atoms. The fraction of sp³-hybridized carbons (Fsp3) is 0.417. The second kappa shape index (κ2) is 8.88. The van der Waals surface area contributed by atoms with Crippen molar-refractivity contribution in [1.82, 2.24) is 4.90 Å². The largest absolute Gasteiger partial charge is 0.362 e. The number of hydrogen-bond donors (Lipinski definition) is 2. The van der Waals surface area contributed by atoms with Crippen molar-refractivity contribution >= 4 is 23.2 Å². The van der Waals surface area contributed by atoms with Gasteiger partial charge in [-0.3, -0.25) is 9.59 Å². The molecule has 0 atom stereocenters. The Morgan fingerprint density at radius 3 is 2.40 bits per heavy atom. The zero-order valence-corrected chi connectivity index (χ0v) is 17.9. The summed E-state index contributed by atoms with van der Waals surface area (Å²) in [4.78, 5) is 30.7. The SMILES string of the molecule is Cc1cccc(C)c1NC(=O)C[NH+]1CCN(C(=O)CN2CCc3ccccc32)CC1. The summed E-state index contributed by atoms with van der Waals surface area (Å²) in [5, 5.41) is 3.07. The lowest BCUT2D eigenvalue weighted by Crippen LogP contribution is -3.15. The zero-order valence-electron chi connectivity index (χ0n) is 17.9. The van der Waals surface area contributed by atoms with Crippen molar-refractivity contribution in [3.63, 3.8) is 0 Å². The first-order valence-corrected chi connectivity index (χ1v) is 10.8. The predicted octanol–water partition coefficient (Wildman–Crippen LogP) is 1.03. The summed E-state index contributed by atoms with van der Waals surface area (Å²) in [7, 11) is 0. The maximum absolute atomic E-state index is 12.8. The van der Waals surface area contributed by atoms with E-state index in [1.54, 1.807) is 0 Å². The minimum Gasteiger partial charge on any atom is -0.362 e. The van der Waals surface area contributed by atoms with E-state index in [1.807, 2.05) is 43.0 Å². The number of amides is 2. The molecule has 0 radical (unpaired) electrons. The number of carbonyl (C=O) groups is 2. The molecule has 4 rings (SSSR count). The Balaban J connectivity index is 1.25. The van der Waals surface area contributed by atoms with E-state index in [9.17, 15) is 9.59 Å². The van der Waals surface area contributed by atoms with Gasteiger partial charge >= 0.3 is 0 Å². The van der Waals surface area contributed by atoms with E-state index >= 15 is 0 Å². The first-order valence-electron chi connectivity index (χ1n) is 10.8. The van der Waals surface area contributed by atoms with Crippen molar-refractivity contribution in [3.05, 3.63) is 59.2 Å². The molecule has 0 aromatic heterocycles. The number of nitrogens with zero attached hydrogens (tertiary/aromatic N) is 2. The summed E-state index contributed by atoms with van der Waals surface area (Å²) in [6.45, 7) is 8.85. The van der Waals surface area contributed by atoms with Crippen LogP contribution in [0.1, 0.15) is 16.7 Å². The van der Waals surface area contributed by atoms with E-state index in [2.05, 4.69) is 28.4 Å². The summed E-state index contributed by atoms with van der Waals surface area (Å²) in [6, 6.07) is 14.4. The van der Waals surface area contributed by atoms with Crippen molar-refractivity contribution < 1.29 is 14.5 Å². The molecule has 6 heteroatoms. The van der Waals surface area contributed by atoms with Gasteiger partial charge in [-0.1, -0.05) is 36.4 Å². The highest BCUT2D eigenvalue weighted by Gasteiger charge is 2.28. The van der Waals surface area contributed by atoms with Crippen LogP contribution in [0.15, 0.2) is 42.5 Å². The molecule has 0 saturated carbocycles. The minimum atomic E-state index is 0.0378. The Bertz CT molecular complexity index is 914. The van der Waals surface area contributed by atoms with Crippen LogP contribution in [0.5, 0.6) is 0 Å². The van der Waals surface area contributed by atoms with Crippen LogP contribution in [0.3, 0.4) is 0 Å². The fourth-order valence-corrected chi connectivity index (χ4v) is 4.51. The number of carbonyl (C=O) groups excluding carboxylic acids is 2. The average Bonchev–Trinajstić information content (AvgIpc) is 3.14. The molecule has 2 N–H and O–H groups in total. The Morgan fingerprint density at radius 2 is 1.67 bits per heavy atom. The molecule has 2 heterocycles. The number of benzene rings is 2. The van der Waals surface area contributed by atoms with Crippen LogP contribution in [0, 0.1) is 13.8 Å². The molecule has 2 amide bonds. The second-order valence-electron chi connectivity index (χ2n) is 8.42. The predicted molar refractivity (Wildman–Crippen MR) is 119 cm³/mol. The van der Waals surface area contributed by atoms with Gasteiger partial charge in [0.2, 0.25) is 5.91 Å². The summed E-state index contributed by atoms with van der Waals surface area (Å²) in [5.74, 6) is 0.224. The number of nitrogens with one attached hydrogen (secondary N) is 2. The molecule has 1 saturated heterocycles. The molecule has 2 aromatic rings. The molecular formula is C24H31N4O2+. The number of para-hydroxylation sites is 2. The van der Waals surface area contributed by atoms with Crippen LogP contribution in [-0.2, 0) is 16.0 Å². The molecular weight excluding hydrogens is 376 g/mol. The first-order chi connectivity index (χ1) is 14.5. The number of aryl methyl sites for hydroxylation is 2. The summed E-state index contributed by atoms with van der Waals surface area (Å²) < 4.78 is 0. The van der Waals surface area contributed by atoms with Crippen LogP contribution < -0.4 is 15.1 Å². The molecule has 158 valence electrons. The molecule has 0 aliphatic carbocycles. The Hall–Kier alpha value is -2.86. The lowest BCUT2D eigenvalue weighted by molar-refractivity contribution is -0.895. The summed E-state index contributed by atoms with van der Waals surface area (Å²) in [5.41, 5.74) is 5.60. The van der Waals surface area contributed by atoms with Gasteiger partial charge in [-0.2, -0.15) is 0 Å². The van der Waals surface area contributed by atoms with Crippen LogP contribution in [0.4, 0.5) is 11.4 Å². The topological polar surface area (TPSA) is 57.1 Å². The van der Waals surface area contributed by atoms with Gasteiger partial charge in [0.05, 0.1) is 32.7 Å². The lowest BCUT2D eigenvalue weighted by Gasteiger charge is -2.33. The molecule has 0 spiro atoms. The third-order valence-corrected chi connectivity index (χ3v) is 6.29. The van der Waals surface area contributed by atoms with E-state index < -0.39 is 0 Å².